The van der Waals surface area contributed by atoms with E-state index < -0.39 is 0 Å². The fourth-order valence-electron chi connectivity index (χ4n) is 3.18. The van der Waals surface area contributed by atoms with Crippen LogP contribution in [-0.2, 0) is 4.74 Å². The summed E-state index contributed by atoms with van der Waals surface area (Å²) < 4.78 is 5.74. The van der Waals surface area contributed by atoms with Crippen molar-refractivity contribution in [3.63, 3.8) is 0 Å². The van der Waals surface area contributed by atoms with Gasteiger partial charge in [-0.2, -0.15) is 0 Å². The smallest absolute Gasteiger partial charge is 0.0678 e. The third-order valence-corrected chi connectivity index (χ3v) is 4.02. The van der Waals surface area contributed by atoms with Crippen molar-refractivity contribution in [2.75, 3.05) is 19.6 Å². The lowest BCUT2D eigenvalue weighted by Gasteiger charge is -2.37. The molecule has 1 heterocycles. The molecule has 2 aliphatic rings. The molecule has 2 unspecified atom stereocenters. The van der Waals surface area contributed by atoms with Gasteiger partial charge in [0.1, 0.15) is 0 Å². The Kier molecular flexibility index (Phi) is 3.88. The van der Waals surface area contributed by atoms with E-state index in [1.165, 1.54) is 25.7 Å². The maximum Gasteiger partial charge on any atom is 0.0678 e. The molecule has 0 spiro atoms. The third kappa shape index (κ3) is 3.19. The van der Waals surface area contributed by atoms with Gasteiger partial charge in [-0.15, -0.1) is 0 Å². The number of ether oxygens (including phenoxy) is 1. The first-order chi connectivity index (χ1) is 7.57. The molecule has 1 aliphatic carbocycles. The number of hydrogen-bond acceptors (Lipinski definition) is 3. The quantitative estimate of drug-likeness (QED) is 0.797. The fourth-order valence-corrected chi connectivity index (χ4v) is 3.18. The zero-order chi connectivity index (χ0) is 11.6. The van der Waals surface area contributed by atoms with Gasteiger partial charge in [-0.1, -0.05) is 12.8 Å². The molecule has 2 atom stereocenters. The van der Waals surface area contributed by atoms with Crippen LogP contribution in [0.3, 0.4) is 0 Å². The lowest BCUT2D eigenvalue weighted by Crippen LogP contribution is -2.48. The van der Waals surface area contributed by atoms with Crippen molar-refractivity contribution in [1.29, 1.82) is 0 Å². The van der Waals surface area contributed by atoms with E-state index in [-0.39, 0.29) is 5.54 Å². The largest absolute Gasteiger partial charge is 0.373 e. The molecule has 2 fully saturated rings. The number of nitrogens with zero attached hydrogens (tertiary/aromatic N) is 1. The number of hydrogen-bond donors (Lipinski definition) is 1. The molecule has 2 rings (SSSR count). The molecular weight excluding hydrogens is 200 g/mol. The van der Waals surface area contributed by atoms with Crippen molar-refractivity contribution < 1.29 is 4.74 Å². The van der Waals surface area contributed by atoms with E-state index in [9.17, 15) is 0 Å². The molecule has 0 aromatic rings. The second kappa shape index (κ2) is 5.03. The van der Waals surface area contributed by atoms with Crippen molar-refractivity contribution in [2.45, 2.75) is 63.7 Å². The Morgan fingerprint density at radius 2 is 1.75 bits per heavy atom. The molecule has 16 heavy (non-hydrogen) atoms. The summed E-state index contributed by atoms with van der Waals surface area (Å²) in [5.41, 5.74) is 6.53. The summed E-state index contributed by atoms with van der Waals surface area (Å²) >= 11 is 0. The minimum absolute atomic E-state index is 0.144. The fraction of sp³-hybridized carbons (Fsp3) is 1.00. The lowest BCUT2D eigenvalue weighted by molar-refractivity contribution is -0.0692. The van der Waals surface area contributed by atoms with E-state index in [0.717, 1.165) is 26.1 Å². The van der Waals surface area contributed by atoms with Crippen LogP contribution in [0.4, 0.5) is 0 Å². The highest BCUT2D eigenvalue weighted by atomic mass is 16.5. The number of morpholine rings is 1. The van der Waals surface area contributed by atoms with E-state index in [1.54, 1.807) is 0 Å². The first-order valence-electron chi connectivity index (χ1n) is 6.74. The van der Waals surface area contributed by atoms with Crippen LogP contribution < -0.4 is 5.73 Å². The predicted molar refractivity (Wildman–Crippen MR) is 66.5 cm³/mol. The maximum atomic E-state index is 6.39. The van der Waals surface area contributed by atoms with E-state index >= 15 is 0 Å². The Morgan fingerprint density at radius 1 is 1.19 bits per heavy atom. The second-order valence-corrected chi connectivity index (χ2v) is 5.84. The van der Waals surface area contributed by atoms with Gasteiger partial charge in [-0.25, -0.2) is 0 Å². The van der Waals surface area contributed by atoms with Crippen LogP contribution in [0.2, 0.25) is 0 Å². The van der Waals surface area contributed by atoms with Crippen molar-refractivity contribution in [1.82, 2.24) is 4.90 Å². The van der Waals surface area contributed by atoms with E-state index in [4.69, 9.17) is 10.5 Å². The third-order valence-electron chi connectivity index (χ3n) is 4.02. The van der Waals surface area contributed by atoms with Gasteiger partial charge < -0.3 is 10.5 Å². The molecule has 0 radical (unpaired) electrons. The van der Waals surface area contributed by atoms with E-state index in [0.29, 0.717) is 12.2 Å². The Labute approximate surface area is 99.3 Å². The van der Waals surface area contributed by atoms with Crippen LogP contribution in [0.1, 0.15) is 46.0 Å². The molecule has 1 saturated carbocycles. The highest BCUT2D eigenvalue weighted by Gasteiger charge is 2.30. The summed E-state index contributed by atoms with van der Waals surface area (Å²) in [7, 11) is 0. The van der Waals surface area contributed by atoms with Crippen LogP contribution in [0, 0.1) is 0 Å². The molecule has 3 nitrogen and oxygen atoms in total. The highest BCUT2D eigenvalue weighted by molar-refractivity contribution is 4.90. The standard InChI is InChI=1S/C13H26N2O/c1-11-9-15(10-12(2)16-11)8-7-13(14)5-3-4-6-13/h11-12H,3-10,14H2,1-2H3. The molecule has 1 aliphatic heterocycles. The molecule has 94 valence electrons. The van der Waals surface area contributed by atoms with Crippen molar-refractivity contribution in [2.24, 2.45) is 5.73 Å². The van der Waals surface area contributed by atoms with Crippen LogP contribution in [-0.4, -0.2) is 42.3 Å². The van der Waals surface area contributed by atoms with Crippen molar-refractivity contribution in [3.8, 4) is 0 Å². The summed E-state index contributed by atoms with van der Waals surface area (Å²) in [4.78, 5) is 2.52. The zero-order valence-electron chi connectivity index (χ0n) is 10.7. The monoisotopic (exact) mass is 226 g/mol. The van der Waals surface area contributed by atoms with Crippen molar-refractivity contribution >= 4 is 0 Å². The topological polar surface area (TPSA) is 38.5 Å². The van der Waals surface area contributed by atoms with Crippen LogP contribution in [0.25, 0.3) is 0 Å². The Hall–Kier alpha value is -0.120. The first-order valence-corrected chi connectivity index (χ1v) is 6.74. The average molecular weight is 226 g/mol. The average Bonchev–Trinajstić information content (AvgIpc) is 2.62. The summed E-state index contributed by atoms with van der Waals surface area (Å²) in [6, 6.07) is 0. The lowest BCUT2D eigenvalue weighted by atomic mass is 9.94. The Morgan fingerprint density at radius 3 is 2.31 bits per heavy atom. The van der Waals surface area contributed by atoms with Gasteiger partial charge in [0.15, 0.2) is 0 Å². The van der Waals surface area contributed by atoms with Gasteiger partial charge in [0.25, 0.3) is 0 Å². The predicted octanol–water partition coefficient (Wildman–Crippen LogP) is 1.76. The van der Waals surface area contributed by atoms with Crippen LogP contribution in [0.5, 0.6) is 0 Å². The molecule has 2 N–H and O–H groups in total. The van der Waals surface area contributed by atoms with Gasteiger partial charge in [0.2, 0.25) is 0 Å². The van der Waals surface area contributed by atoms with E-state index in [2.05, 4.69) is 18.7 Å². The van der Waals surface area contributed by atoms with Crippen LogP contribution >= 0.6 is 0 Å². The SMILES string of the molecule is CC1CN(CCC2(N)CCCC2)CC(C)O1. The van der Waals surface area contributed by atoms with Gasteiger partial charge in [0.05, 0.1) is 12.2 Å². The molecule has 0 bridgehead atoms. The summed E-state index contributed by atoms with van der Waals surface area (Å²) in [6.45, 7) is 7.61. The molecule has 1 saturated heterocycles. The zero-order valence-corrected chi connectivity index (χ0v) is 10.7. The first kappa shape index (κ1) is 12.3. The van der Waals surface area contributed by atoms with Crippen LogP contribution in [0.15, 0.2) is 0 Å². The summed E-state index contributed by atoms with van der Waals surface area (Å²) in [5, 5.41) is 0. The molecule has 0 amide bonds. The van der Waals surface area contributed by atoms with Gasteiger partial charge in [-0.05, 0) is 33.1 Å². The molecule has 0 aromatic heterocycles. The Balaban J connectivity index is 1.76. The minimum Gasteiger partial charge on any atom is -0.373 e. The minimum atomic E-state index is 0.144. The second-order valence-electron chi connectivity index (χ2n) is 5.84. The summed E-state index contributed by atoms with van der Waals surface area (Å²) in [5.74, 6) is 0. The van der Waals surface area contributed by atoms with Gasteiger partial charge in [-0.3, -0.25) is 4.90 Å². The Bertz CT molecular complexity index is 216. The van der Waals surface area contributed by atoms with Crippen molar-refractivity contribution in [3.05, 3.63) is 0 Å². The van der Waals surface area contributed by atoms with Gasteiger partial charge in [0, 0.05) is 25.2 Å². The number of rotatable bonds is 3. The van der Waals surface area contributed by atoms with Gasteiger partial charge >= 0.3 is 0 Å². The van der Waals surface area contributed by atoms with E-state index in [1.807, 2.05) is 0 Å². The maximum absolute atomic E-state index is 6.39. The molecule has 0 aromatic carbocycles. The summed E-state index contributed by atoms with van der Waals surface area (Å²) in [6.07, 6.45) is 7.01. The molecule has 3 heteroatoms. The highest BCUT2D eigenvalue weighted by Crippen LogP contribution is 2.30. The normalized spacial score (nSPS) is 35.4. The number of nitrogens with two attached hydrogens (primary N) is 1. The molecular formula is C13H26N2O.